The lowest BCUT2D eigenvalue weighted by atomic mass is 9.87. The highest BCUT2D eigenvalue weighted by molar-refractivity contribution is 7.96. The fraction of sp³-hybridized carbons (Fsp3) is 0.207. The van der Waals surface area contributed by atoms with Gasteiger partial charge in [0.2, 0.25) is 11.6 Å². The van der Waals surface area contributed by atoms with E-state index < -0.39 is 15.9 Å². The Kier molecular flexibility index (Phi) is 6.95. The Labute approximate surface area is 232 Å². The third-order valence-electron chi connectivity index (χ3n) is 6.84. The zero-order valence-electron chi connectivity index (χ0n) is 22.3. The molecule has 2 N–H and O–H groups in total. The molecule has 5 rings (SSSR count). The fourth-order valence-corrected chi connectivity index (χ4v) is 6.93. The first-order chi connectivity index (χ1) is 19.3. The minimum absolute atomic E-state index is 0.0103. The minimum atomic E-state index is -4.28. The summed E-state index contributed by atoms with van der Waals surface area (Å²) in [7, 11) is 1.64. The summed E-state index contributed by atoms with van der Waals surface area (Å²) in [6.45, 7) is 0.0103. The summed E-state index contributed by atoms with van der Waals surface area (Å²) < 4.78 is 58.1. The second kappa shape index (κ2) is 10.4. The molecule has 2 aliphatic rings. The van der Waals surface area contributed by atoms with Crippen LogP contribution in [0.3, 0.4) is 0 Å². The van der Waals surface area contributed by atoms with Crippen LogP contribution in [0.25, 0.3) is 5.76 Å². The SMILES string of the molecule is COc1cccc(CN2c3ccccc3C3=C([C@H](c4cc(OC)c(OC)c(OC)c4)C(C#N)=C(N)O3)S2(=O)=O)c1. The summed E-state index contributed by atoms with van der Waals surface area (Å²) in [5.74, 6) is 0.264. The largest absolute Gasteiger partial charge is 0.497 e. The molecule has 0 aliphatic carbocycles. The van der Waals surface area contributed by atoms with E-state index in [4.69, 9.17) is 29.4 Å². The van der Waals surface area contributed by atoms with Crippen LogP contribution in [0.15, 0.2) is 77.0 Å². The molecule has 3 aromatic carbocycles. The Morgan fingerprint density at radius 3 is 2.27 bits per heavy atom. The van der Waals surface area contributed by atoms with Gasteiger partial charge in [0.15, 0.2) is 17.3 Å². The van der Waals surface area contributed by atoms with Crippen LogP contribution < -0.4 is 29.0 Å². The van der Waals surface area contributed by atoms with Crippen LogP contribution >= 0.6 is 0 Å². The van der Waals surface area contributed by atoms with E-state index in [0.717, 1.165) is 0 Å². The number of para-hydroxylation sites is 1. The van der Waals surface area contributed by atoms with Gasteiger partial charge < -0.3 is 29.4 Å². The Bertz CT molecular complexity index is 1680. The molecule has 0 spiro atoms. The first-order valence-electron chi connectivity index (χ1n) is 12.2. The van der Waals surface area contributed by atoms with Gasteiger partial charge in [-0.25, -0.2) is 8.42 Å². The maximum Gasteiger partial charge on any atom is 0.265 e. The number of nitriles is 1. The van der Waals surface area contributed by atoms with Gasteiger partial charge in [0.1, 0.15) is 22.3 Å². The Morgan fingerprint density at radius 1 is 0.950 bits per heavy atom. The van der Waals surface area contributed by atoms with Crippen LogP contribution in [0, 0.1) is 11.3 Å². The van der Waals surface area contributed by atoms with Gasteiger partial charge in [-0.2, -0.15) is 5.26 Å². The molecule has 10 nitrogen and oxygen atoms in total. The molecular formula is C29H27N3O7S. The van der Waals surface area contributed by atoms with Crippen molar-refractivity contribution < 1.29 is 32.1 Å². The van der Waals surface area contributed by atoms with Gasteiger partial charge in [-0.15, -0.1) is 0 Å². The number of benzene rings is 3. The van der Waals surface area contributed by atoms with Gasteiger partial charge in [0.05, 0.1) is 46.6 Å². The smallest absolute Gasteiger partial charge is 0.265 e. The standard InChI is InChI=1S/C29H27N3O7S/c1-35-19-9-7-8-17(12-19)16-32-22-11-6-5-10-20(22)26-28(40(32,33)34)25(21(15-30)29(31)39-26)18-13-23(36-2)27(38-4)24(14-18)37-3/h5-14,25H,16,31H2,1-4H3/t25-/m1/s1. The third kappa shape index (κ3) is 4.23. The zero-order chi connectivity index (χ0) is 28.6. The minimum Gasteiger partial charge on any atom is -0.497 e. The fourth-order valence-electron chi connectivity index (χ4n) is 5.02. The normalized spacial score (nSPS) is 17.3. The molecule has 3 aromatic rings. The topological polar surface area (TPSA) is 133 Å². The summed E-state index contributed by atoms with van der Waals surface area (Å²) in [4.78, 5) is -0.117. The number of fused-ring (bicyclic) bond motifs is 2. The number of nitrogens with zero attached hydrogens (tertiary/aromatic N) is 2. The van der Waals surface area contributed by atoms with Gasteiger partial charge in [0.25, 0.3) is 10.0 Å². The van der Waals surface area contributed by atoms with E-state index >= 15 is 0 Å². The molecule has 0 fully saturated rings. The molecule has 0 amide bonds. The molecule has 0 saturated heterocycles. The average Bonchev–Trinajstić information content (AvgIpc) is 2.97. The van der Waals surface area contributed by atoms with E-state index in [1.807, 2.05) is 6.07 Å². The zero-order valence-corrected chi connectivity index (χ0v) is 23.1. The van der Waals surface area contributed by atoms with Gasteiger partial charge in [-0.3, -0.25) is 4.31 Å². The Hall–Kier alpha value is -4.82. The van der Waals surface area contributed by atoms with Crippen molar-refractivity contribution in [2.75, 3.05) is 32.7 Å². The van der Waals surface area contributed by atoms with Crippen molar-refractivity contribution >= 4 is 21.5 Å². The molecule has 40 heavy (non-hydrogen) atoms. The number of sulfonamides is 1. The number of methoxy groups -OCH3 is 4. The second-order valence-electron chi connectivity index (χ2n) is 8.96. The molecule has 11 heteroatoms. The van der Waals surface area contributed by atoms with Gasteiger partial charge in [0, 0.05) is 5.56 Å². The van der Waals surface area contributed by atoms with Crippen molar-refractivity contribution in [3.8, 4) is 29.1 Å². The van der Waals surface area contributed by atoms with E-state index in [9.17, 15) is 13.7 Å². The molecule has 0 bridgehead atoms. The van der Waals surface area contributed by atoms with E-state index in [-0.39, 0.29) is 28.7 Å². The molecule has 0 aromatic heterocycles. The van der Waals surface area contributed by atoms with Crippen molar-refractivity contribution in [1.82, 2.24) is 0 Å². The van der Waals surface area contributed by atoms with Gasteiger partial charge in [-0.1, -0.05) is 24.3 Å². The van der Waals surface area contributed by atoms with Crippen molar-refractivity contribution in [2.24, 2.45) is 5.73 Å². The molecule has 0 unspecified atom stereocenters. The highest BCUT2D eigenvalue weighted by Gasteiger charge is 2.47. The molecule has 1 atom stereocenters. The maximum atomic E-state index is 14.5. The molecule has 0 saturated carbocycles. The van der Waals surface area contributed by atoms with E-state index in [1.165, 1.54) is 25.6 Å². The lowest BCUT2D eigenvalue weighted by Gasteiger charge is -2.38. The summed E-state index contributed by atoms with van der Waals surface area (Å²) >= 11 is 0. The molecular weight excluding hydrogens is 534 g/mol. The highest BCUT2D eigenvalue weighted by atomic mass is 32.2. The first kappa shape index (κ1) is 26.8. The monoisotopic (exact) mass is 561 g/mol. The van der Waals surface area contributed by atoms with Crippen LogP contribution in [-0.2, 0) is 21.3 Å². The van der Waals surface area contributed by atoms with Crippen molar-refractivity contribution in [3.05, 3.63) is 93.7 Å². The number of ether oxygens (including phenoxy) is 5. The van der Waals surface area contributed by atoms with Crippen molar-refractivity contribution in [3.63, 3.8) is 0 Å². The summed E-state index contributed by atoms with van der Waals surface area (Å²) in [5, 5.41) is 10.2. The molecule has 0 radical (unpaired) electrons. The summed E-state index contributed by atoms with van der Waals surface area (Å²) in [6, 6.07) is 19.4. The number of hydrogen-bond donors (Lipinski definition) is 1. The quantitative estimate of drug-likeness (QED) is 0.449. The lowest BCUT2D eigenvalue weighted by molar-refractivity contribution is 0.323. The van der Waals surface area contributed by atoms with Crippen LogP contribution in [0.1, 0.15) is 22.6 Å². The average molecular weight is 562 g/mol. The van der Waals surface area contributed by atoms with Crippen LogP contribution in [-0.4, -0.2) is 36.9 Å². The molecule has 2 aliphatic heterocycles. The van der Waals surface area contributed by atoms with Crippen molar-refractivity contribution in [2.45, 2.75) is 12.5 Å². The lowest BCUT2D eigenvalue weighted by Crippen LogP contribution is -2.39. The number of anilines is 1. The van der Waals surface area contributed by atoms with Crippen molar-refractivity contribution in [1.29, 1.82) is 5.26 Å². The predicted octanol–water partition coefficient (Wildman–Crippen LogP) is 4.25. The second-order valence-corrected chi connectivity index (χ2v) is 10.8. The van der Waals surface area contributed by atoms with E-state index in [1.54, 1.807) is 61.7 Å². The van der Waals surface area contributed by atoms with Crippen LogP contribution in [0.4, 0.5) is 5.69 Å². The maximum absolute atomic E-state index is 14.5. The van der Waals surface area contributed by atoms with Gasteiger partial charge >= 0.3 is 0 Å². The van der Waals surface area contributed by atoms with Crippen LogP contribution in [0.5, 0.6) is 23.0 Å². The Balaban J connectivity index is 1.77. The Morgan fingerprint density at radius 2 is 1.65 bits per heavy atom. The number of rotatable bonds is 7. The van der Waals surface area contributed by atoms with Gasteiger partial charge in [-0.05, 0) is 47.5 Å². The summed E-state index contributed by atoms with van der Waals surface area (Å²) in [6.07, 6.45) is 0. The van der Waals surface area contributed by atoms with E-state index in [2.05, 4.69) is 6.07 Å². The van der Waals surface area contributed by atoms with Crippen LogP contribution in [0.2, 0.25) is 0 Å². The predicted molar refractivity (Wildman–Crippen MR) is 148 cm³/mol. The number of hydrogen-bond acceptors (Lipinski definition) is 9. The summed E-state index contributed by atoms with van der Waals surface area (Å²) in [5.41, 5.74) is 8.23. The molecule has 2 heterocycles. The molecule has 206 valence electrons. The first-order valence-corrected chi connectivity index (χ1v) is 13.6. The number of nitrogens with two attached hydrogens (primary N) is 1. The number of allylic oxidation sites excluding steroid dienone is 2. The third-order valence-corrected chi connectivity index (χ3v) is 8.72. The highest BCUT2D eigenvalue weighted by Crippen LogP contribution is 2.53. The van der Waals surface area contributed by atoms with E-state index in [0.29, 0.717) is 45.4 Å².